The molecule has 0 aliphatic rings. The van der Waals surface area contributed by atoms with Gasteiger partial charge in [0.05, 0.1) is 69.5 Å². The Balaban J connectivity index is 0.000000196. The molecule has 0 fully saturated rings. The summed E-state index contributed by atoms with van der Waals surface area (Å²) in [5.74, 6) is 3.81. The van der Waals surface area contributed by atoms with Gasteiger partial charge in [-0.3, -0.25) is 9.59 Å². The van der Waals surface area contributed by atoms with Gasteiger partial charge in [-0.25, -0.2) is 39.9 Å². The number of hydrogen-bond acceptors (Lipinski definition) is 18. The molecular formula is C48H51ClN14O4S2. The minimum Gasteiger partial charge on any atom is -0.494 e. The molecule has 2 aromatic carbocycles. The number of aromatic nitrogens is 8. The smallest absolute Gasteiger partial charge is 0.254 e. The summed E-state index contributed by atoms with van der Waals surface area (Å²) in [7, 11) is 6.35. The van der Waals surface area contributed by atoms with Gasteiger partial charge in [0, 0.05) is 78.0 Å². The zero-order chi connectivity index (χ0) is 49.8. The molecule has 0 unspecified atom stereocenters. The number of pyridine rings is 2. The molecule has 0 aliphatic heterocycles. The fourth-order valence-corrected chi connectivity index (χ4v) is 8.21. The lowest BCUT2D eigenvalue weighted by Gasteiger charge is -2.17. The number of aryl methyl sites for hydroxylation is 6. The van der Waals surface area contributed by atoms with Gasteiger partial charge >= 0.3 is 0 Å². The number of nitrogens with one attached hydrogen (secondary N) is 5. The number of methoxy groups -OCH3 is 2. The summed E-state index contributed by atoms with van der Waals surface area (Å²) in [5, 5.41) is 21.2. The van der Waals surface area contributed by atoms with Crippen molar-refractivity contribution in [1.29, 1.82) is 0 Å². The Labute approximate surface area is 412 Å². The number of hydrogen-bond donors (Lipinski definition) is 6. The van der Waals surface area contributed by atoms with Gasteiger partial charge in [-0.2, -0.15) is 0 Å². The Morgan fingerprint density at radius 1 is 0.580 bits per heavy atom. The molecule has 7 N–H and O–H groups in total. The normalized spacial score (nSPS) is 10.4. The van der Waals surface area contributed by atoms with Crippen molar-refractivity contribution >= 4 is 86.3 Å². The van der Waals surface area contributed by atoms with Gasteiger partial charge < -0.3 is 41.8 Å². The first-order chi connectivity index (χ1) is 33.1. The summed E-state index contributed by atoms with van der Waals surface area (Å²) in [6.45, 7) is 11.4. The zero-order valence-corrected chi connectivity index (χ0v) is 42.0. The van der Waals surface area contributed by atoms with Crippen LogP contribution in [0.1, 0.15) is 53.8 Å². The highest BCUT2D eigenvalue weighted by molar-refractivity contribution is 7.10. The Bertz CT molecular complexity index is 3040. The van der Waals surface area contributed by atoms with Crippen LogP contribution in [-0.2, 0) is 0 Å². The Morgan fingerprint density at radius 3 is 1.52 bits per heavy atom. The molecule has 0 saturated carbocycles. The molecule has 8 aromatic rings. The van der Waals surface area contributed by atoms with Crippen molar-refractivity contribution in [2.75, 3.05) is 50.0 Å². The molecule has 21 heteroatoms. The number of carbonyl (C=O) groups is 2. The van der Waals surface area contributed by atoms with Crippen molar-refractivity contribution in [1.82, 2.24) is 50.5 Å². The number of ether oxygens (including phenoxy) is 2. The summed E-state index contributed by atoms with van der Waals surface area (Å²) in [5.41, 5.74) is 13.8. The van der Waals surface area contributed by atoms with Gasteiger partial charge in [0.25, 0.3) is 11.8 Å². The van der Waals surface area contributed by atoms with Gasteiger partial charge in [-0.15, -0.1) is 22.7 Å². The van der Waals surface area contributed by atoms with Crippen LogP contribution in [0.2, 0.25) is 5.15 Å². The van der Waals surface area contributed by atoms with Crippen LogP contribution in [0.25, 0.3) is 22.5 Å². The third kappa shape index (κ3) is 13.2. The average molecular weight is 988 g/mol. The lowest BCUT2D eigenvalue weighted by Crippen LogP contribution is -2.19. The second kappa shape index (κ2) is 23.3. The van der Waals surface area contributed by atoms with Crippen molar-refractivity contribution in [3.63, 3.8) is 0 Å². The monoisotopic (exact) mass is 986 g/mol. The highest BCUT2D eigenvalue weighted by Crippen LogP contribution is 2.40. The fourth-order valence-electron chi connectivity index (χ4n) is 6.83. The van der Waals surface area contributed by atoms with E-state index >= 15 is 0 Å². The first kappa shape index (κ1) is 50.6. The first-order valence-electron chi connectivity index (χ1n) is 21.1. The van der Waals surface area contributed by atoms with E-state index < -0.39 is 0 Å². The molecule has 0 spiro atoms. The van der Waals surface area contributed by atoms with E-state index in [1.165, 1.54) is 12.4 Å². The Kier molecular flexibility index (Phi) is 17.1. The van der Waals surface area contributed by atoms with Crippen molar-refractivity contribution in [3.05, 3.63) is 133 Å². The molecule has 0 saturated heterocycles. The quantitative estimate of drug-likeness (QED) is 0.0624. The maximum atomic E-state index is 12.6. The van der Waals surface area contributed by atoms with Crippen LogP contribution in [0.3, 0.4) is 0 Å². The Hall–Kier alpha value is -7.81. The molecule has 0 bridgehead atoms. The molecule has 0 aliphatic carbocycles. The molecular weight excluding hydrogens is 936 g/mol. The van der Waals surface area contributed by atoms with E-state index in [4.69, 9.17) is 26.8 Å². The van der Waals surface area contributed by atoms with Crippen molar-refractivity contribution in [2.24, 2.45) is 0 Å². The molecule has 6 heterocycles. The van der Waals surface area contributed by atoms with Crippen LogP contribution >= 0.6 is 34.3 Å². The van der Waals surface area contributed by atoms with Gasteiger partial charge in [-0.1, -0.05) is 23.7 Å². The van der Waals surface area contributed by atoms with Crippen molar-refractivity contribution in [3.8, 4) is 34.0 Å². The minimum atomic E-state index is -0.263. The molecule has 69 heavy (non-hydrogen) atoms. The van der Waals surface area contributed by atoms with Crippen molar-refractivity contribution < 1.29 is 19.1 Å². The number of para-hydroxylation sites is 2. The maximum absolute atomic E-state index is 12.6. The fraction of sp³-hybridized carbons (Fsp3) is 0.208. The SMILES string of the molecule is CNC(=O)c1cnc(Cl)cc1Nc1cccc(-c2csc(C)n2)c1OC.CNC(=O)c1cnc(Nc2cc(C)nc(C)n2)cc1Nc1cccc(-c2csc(C)n2)c1OC.Cc1cc(N)nc(C)n1. The third-order valence-electron chi connectivity index (χ3n) is 9.69. The van der Waals surface area contributed by atoms with E-state index in [2.05, 4.69) is 66.5 Å². The second-order valence-electron chi connectivity index (χ2n) is 14.9. The second-order valence-corrected chi connectivity index (χ2v) is 17.4. The topological polar surface area (TPSA) is 242 Å². The van der Waals surface area contributed by atoms with Crippen LogP contribution in [0.5, 0.6) is 11.5 Å². The van der Waals surface area contributed by atoms with Crippen LogP contribution in [0, 0.1) is 41.5 Å². The number of anilines is 7. The Morgan fingerprint density at radius 2 is 1.07 bits per heavy atom. The summed E-state index contributed by atoms with van der Waals surface area (Å²) in [6, 6.07) is 18.4. The number of nitrogen functional groups attached to an aromatic ring is 1. The first-order valence-corrected chi connectivity index (χ1v) is 23.2. The third-order valence-corrected chi connectivity index (χ3v) is 11.4. The predicted octanol–water partition coefficient (Wildman–Crippen LogP) is 9.73. The largest absolute Gasteiger partial charge is 0.494 e. The molecule has 0 radical (unpaired) electrons. The minimum absolute atomic E-state index is 0.262. The molecule has 356 valence electrons. The number of carbonyl (C=O) groups excluding carboxylic acids is 2. The van der Waals surface area contributed by atoms with Gasteiger partial charge in [-0.05, 0) is 71.9 Å². The van der Waals surface area contributed by atoms with Gasteiger partial charge in [0.15, 0.2) is 11.5 Å². The van der Waals surface area contributed by atoms with E-state index in [1.54, 1.807) is 69.2 Å². The highest BCUT2D eigenvalue weighted by Gasteiger charge is 2.19. The number of amides is 2. The number of nitrogens with two attached hydrogens (primary N) is 1. The number of rotatable bonds is 12. The molecule has 6 aromatic heterocycles. The van der Waals surface area contributed by atoms with Crippen molar-refractivity contribution in [2.45, 2.75) is 41.5 Å². The zero-order valence-electron chi connectivity index (χ0n) is 39.6. The van der Waals surface area contributed by atoms with E-state index in [-0.39, 0.29) is 17.0 Å². The summed E-state index contributed by atoms with van der Waals surface area (Å²) >= 11 is 9.16. The molecule has 2 amide bonds. The van der Waals surface area contributed by atoms with Crippen LogP contribution in [-0.4, -0.2) is 80.0 Å². The molecule has 18 nitrogen and oxygen atoms in total. The van der Waals surface area contributed by atoms with Gasteiger partial charge in [0.1, 0.15) is 34.3 Å². The lowest BCUT2D eigenvalue weighted by molar-refractivity contribution is 0.0955. The van der Waals surface area contributed by atoms with E-state index in [0.29, 0.717) is 68.7 Å². The van der Waals surface area contributed by atoms with E-state index in [1.807, 2.05) is 94.8 Å². The van der Waals surface area contributed by atoms with Crippen LogP contribution < -0.4 is 41.8 Å². The average Bonchev–Trinajstić information content (AvgIpc) is 3.95. The van der Waals surface area contributed by atoms with E-state index in [9.17, 15) is 9.59 Å². The van der Waals surface area contributed by atoms with Gasteiger partial charge in [0.2, 0.25) is 0 Å². The highest BCUT2D eigenvalue weighted by atomic mass is 35.5. The van der Waals surface area contributed by atoms with Crippen LogP contribution in [0.4, 0.5) is 40.2 Å². The lowest BCUT2D eigenvalue weighted by atomic mass is 10.1. The number of nitrogens with zero attached hydrogens (tertiary/aromatic N) is 8. The molecule has 0 atom stereocenters. The number of thiazole rings is 2. The number of halogens is 1. The molecule has 8 rings (SSSR count). The summed E-state index contributed by atoms with van der Waals surface area (Å²) < 4.78 is 11.4. The number of benzene rings is 2. The maximum Gasteiger partial charge on any atom is 0.254 e. The predicted molar refractivity (Wildman–Crippen MR) is 275 cm³/mol. The van der Waals surface area contributed by atoms with Crippen LogP contribution in [0.15, 0.2) is 83.8 Å². The summed E-state index contributed by atoms with van der Waals surface area (Å²) in [6.07, 6.45) is 2.95. The van der Waals surface area contributed by atoms with E-state index in [0.717, 1.165) is 49.7 Å². The standard InChI is InChI=1S/C24H25N7O2S.C18H17ClN4O2S.C6H9N3/c1-13-9-22(28-14(2)27-13)31-21-10-19(17(11-26-21)24(32)25-4)30-18-8-6-7-16(23(18)33-5)20-12-34-15(3)29-20;1-10-22-15(9-26-10)11-5-4-6-13(17(11)25-3)23-14-7-16(19)21-8-12(14)18(24)20-2;1-4-3-6(7)9-5(2)8-4/h6-12H,1-5H3,(H,25,32)(H2,26,27,28,30,31);4-9H,1-3H3,(H,20,24)(H,21,23);3H,1-2H3,(H2,7,8,9). The summed E-state index contributed by atoms with van der Waals surface area (Å²) in [4.78, 5) is 58.8.